The molecule has 4 aromatic carbocycles. The van der Waals surface area contributed by atoms with Crippen LogP contribution in [0.4, 0.5) is 11.4 Å². The lowest BCUT2D eigenvalue weighted by atomic mass is 10.1. The highest BCUT2D eigenvalue weighted by atomic mass is 32.2. The van der Waals surface area contributed by atoms with Crippen molar-refractivity contribution in [3.8, 4) is 23.0 Å². The first-order chi connectivity index (χ1) is 23.3. The summed E-state index contributed by atoms with van der Waals surface area (Å²) in [5.74, 6) is -1.75. The summed E-state index contributed by atoms with van der Waals surface area (Å²) in [6.07, 6.45) is 3.81. The third-order valence-corrected chi connectivity index (χ3v) is 8.15. The van der Waals surface area contributed by atoms with Gasteiger partial charge < -0.3 is 29.7 Å². The first-order valence-corrected chi connectivity index (χ1v) is 16.8. The predicted octanol–water partition coefficient (Wildman–Crippen LogP) is 7.29. The fourth-order valence-electron chi connectivity index (χ4n) is 4.41. The van der Waals surface area contributed by atoms with E-state index in [1.54, 1.807) is 36.4 Å². The fraction of sp³-hybridized carbons (Fsp3) is 0.194. The van der Waals surface area contributed by atoms with Crippen LogP contribution in [0.1, 0.15) is 59.9 Å². The summed E-state index contributed by atoms with van der Waals surface area (Å²) in [4.78, 5) is 36.2. The van der Waals surface area contributed by atoms with Crippen LogP contribution in [0.15, 0.2) is 95.9 Å². The minimum Gasteiger partial charge on any atom is -0.494 e. The molecule has 0 aromatic heterocycles. The Morgan fingerprint density at radius 2 is 1.43 bits per heavy atom. The number of carbonyl (C=O) groups excluding carboxylic acids is 1. The highest BCUT2D eigenvalue weighted by Crippen LogP contribution is 2.31. The number of ether oxygens (including phenoxy) is 3. The maximum Gasteiger partial charge on any atom is 0.337 e. The second-order valence-corrected chi connectivity index (χ2v) is 12.6. The molecule has 4 rings (SSSR count). The van der Waals surface area contributed by atoms with Gasteiger partial charge in [0.1, 0.15) is 23.0 Å². The van der Waals surface area contributed by atoms with Gasteiger partial charge in [-0.3, -0.25) is 9.52 Å². The summed E-state index contributed by atoms with van der Waals surface area (Å²) < 4.78 is 45.9. The summed E-state index contributed by atoms with van der Waals surface area (Å²) >= 11 is 0. The number of aliphatic carboxylic acids is 1. The molecule has 49 heavy (non-hydrogen) atoms. The predicted molar refractivity (Wildman–Crippen MR) is 184 cm³/mol. The Kier molecular flexibility index (Phi) is 12.0. The molecule has 0 fully saturated rings. The topological polar surface area (TPSA) is 178 Å². The van der Waals surface area contributed by atoms with Crippen LogP contribution in [0.3, 0.4) is 0 Å². The maximum atomic E-state index is 13.2. The first-order valence-electron chi connectivity index (χ1n) is 15.3. The Hall–Kier alpha value is -5.82. The molecule has 0 atom stereocenters. The molecule has 0 radical (unpaired) electrons. The zero-order chi connectivity index (χ0) is 35.6. The highest BCUT2D eigenvalue weighted by Gasteiger charge is 2.18. The number of anilines is 2. The van der Waals surface area contributed by atoms with Gasteiger partial charge in [-0.2, -0.15) is 0 Å². The van der Waals surface area contributed by atoms with Crippen molar-refractivity contribution in [3.05, 3.63) is 108 Å². The molecule has 0 aliphatic heterocycles. The van der Waals surface area contributed by atoms with Gasteiger partial charge in [-0.05, 0) is 111 Å². The van der Waals surface area contributed by atoms with Crippen LogP contribution in [-0.2, 0) is 14.8 Å². The standard InChI is InChI=1S/C36H36N2O10S/c1-4-5-20-46-26-11-15-30(16-12-26)49(44,45)38-32-17-13-28(21-25(32)8-19-34(39)40)48-29-14-18-33(31(22-29)36(42)43)37-35(41)24-6-9-27(10-7-24)47-23(2)3/h6-19,21-23,38H,4-5,20H2,1-3H3,(H,37,41)(H,39,40)(H,42,43)/b19-8+. The molecule has 4 aromatic rings. The van der Waals surface area contributed by atoms with Gasteiger partial charge in [0.2, 0.25) is 0 Å². The molecule has 0 spiro atoms. The van der Waals surface area contributed by atoms with E-state index >= 15 is 0 Å². The fourth-order valence-corrected chi connectivity index (χ4v) is 5.50. The van der Waals surface area contributed by atoms with Crippen molar-refractivity contribution in [1.82, 2.24) is 0 Å². The molecular weight excluding hydrogens is 652 g/mol. The molecule has 13 heteroatoms. The van der Waals surface area contributed by atoms with Crippen molar-refractivity contribution in [2.24, 2.45) is 0 Å². The van der Waals surface area contributed by atoms with E-state index in [2.05, 4.69) is 10.0 Å². The van der Waals surface area contributed by atoms with E-state index in [1.807, 2.05) is 20.8 Å². The minimum absolute atomic E-state index is 0.0303. The number of hydrogen-bond acceptors (Lipinski definition) is 8. The van der Waals surface area contributed by atoms with Crippen LogP contribution >= 0.6 is 0 Å². The number of hydrogen-bond donors (Lipinski definition) is 4. The van der Waals surface area contributed by atoms with Crippen LogP contribution in [0, 0.1) is 0 Å². The SMILES string of the molecule is CCCCOc1ccc(S(=O)(=O)Nc2ccc(Oc3ccc(NC(=O)c4ccc(OC(C)C)cc4)c(C(=O)O)c3)cc2/C=C/C(=O)O)cc1. The quantitative estimate of drug-likeness (QED) is 0.0690. The van der Waals surface area contributed by atoms with E-state index in [0.717, 1.165) is 18.9 Å². The van der Waals surface area contributed by atoms with Gasteiger partial charge in [0, 0.05) is 17.2 Å². The molecule has 0 saturated heterocycles. The van der Waals surface area contributed by atoms with E-state index in [9.17, 15) is 33.0 Å². The Balaban J connectivity index is 1.54. The van der Waals surface area contributed by atoms with Crippen molar-refractivity contribution in [3.63, 3.8) is 0 Å². The third-order valence-electron chi connectivity index (χ3n) is 6.77. The molecule has 4 N–H and O–H groups in total. The van der Waals surface area contributed by atoms with Crippen LogP contribution in [-0.4, -0.2) is 49.2 Å². The van der Waals surface area contributed by atoms with Crippen molar-refractivity contribution in [1.29, 1.82) is 0 Å². The van der Waals surface area contributed by atoms with Crippen molar-refractivity contribution in [2.75, 3.05) is 16.6 Å². The molecule has 0 heterocycles. The first kappa shape index (κ1) is 36.0. The second kappa shape index (κ2) is 16.3. The number of sulfonamides is 1. The number of unbranched alkanes of at least 4 members (excludes halogenated alkanes) is 1. The molecule has 256 valence electrons. The van der Waals surface area contributed by atoms with Crippen molar-refractivity contribution in [2.45, 2.75) is 44.6 Å². The second-order valence-electron chi connectivity index (χ2n) is 11.0. The molecule has 0 aliphatic carbocycles. The van der Waals surface area contributed by atoms with Gasteiger partial charge in [-0.1, -0.05) is 13.3 Å². The van der Waals surface area contributed by atoms with Crippen molar-refractivity contribution < 1.29 is 47.2 Å². The molecule has 1 amide bonds. The zero-order valence-corrected chi connectivity index (χ0v) is 27.8. The number of aromatic carboxylic acids is 1. The van der Waals surface area contributed by atoms with E-state index in [0.29, 0.717) is 23.7 Å². The highest BCUT2D eigenvalue weighted by molar-refractivity contribution is 7.92. The lowest BCUT2D eigenvalue weighted by Crippen LogP contribution is -2.15. The Bertz CT molecular complexity index is 1940. The lowest BCUT2D eigenvalue weighted by molar-refractivity contribution is -0.131. The summed E-state index contributed by atoms with van der Waals surface area (Å²) in [5.41, 5.74) is 0.306. The number of benzene rings is 4. The largest absolute Gasteiger partial charge is 0.494 e. The molecule has 0 unspecified atom stereocenters. The summed E-state index contributed by atoms with van der Waals surface area (Å²) in [7, 11) is -4.08. The average Bonchev–Trinajstić information content (AvgIpc) is 3.05. The lowest BCUT2D eigenvalue weighted by Gasteiger charge is -2.15. The minimum atomic E-state index is -4.08. The van der Waals surface area contributed by atoms with Crippen molar-refractivity contribution >= 4 is 45.3 Å². The molecule has 12 nitrogen and oxygen atoms in total. The van der Waals surface area contributed by atoms with Gasteiger partial charge in [0.15, 0.2) is 0 Å². The normalized spacial score (nSPS) is 11.3. The zero-order valence-electron chi connectivity index (χ0n) is 27.0. The van der Waals surface area contributed by atoms with Gasteiger partial charge in [0.25, 0.3) is 15.9 Å². The van der Waals surface area contributed by atoms with Crippen LogP contribution in [0.5, 0.6) is 23.0 Å². The van der Waals surface area contributed by atoms with Gasteiger partial charge in [-0.25, -0.2) is 18.0 Å². The Morgan fingerprint density at radius 3 is 2.04 bits per heavy atom. The number of carboxylic acids is 2. The van der Waals surface area contributed by atoms with Crippen LogP contribution < -0.4 is 24.2 Å². The average molecular weight is 689 g/mol. The molecule has 0 bridgehead atoms. The molecule has 0 saturated carbocycles. The summed E-state index contributed by atoms with van der Waals surface area (Å²) in [6.45, 7) is 6.30. The third kappa shape index (κ3) is 10.3. The Labute approximate surface area is 284 Å². The number of carbonyl (C=O) groups is 3. The number of amides is 1. The molecule has 0 aliphatic rings. The number of carboxylic acid groups (broad SMARTS) is 2. The molecular formula is C36H36N2O10S. The smallest absolute Gasteiger partial charge is 0.337 e. The summed E-state index contributed by atoms with van der Waals surface area (Å²) in [6, 6.07) is 20.6. The van der Waals surface area contributed by atoms with E-state index in [4.69, 9.17) is 14.2 Å². The number of rotatable bonds is 16. The number of nitrogens with one attached hydrogen (secondary N) is 2. The Morgan fingerprint density at radius 1 is 0.816 bits per heavy atom. The van der Waals surface area contributed by atoms with Crippen LogP contribution in [0.25, 0.3) is 6.08 Å². The van der Waals surface area contributed by atoms with E-state index in [-0.39, 0.29) is 45.0 Å². The van der Waals surface area contributed by atoms with Gasteiger partial charge in [-0.15, -0.1) is 0 Å². The van der Waals surface area contributed by atoms with Gasteiger partial charge in [0.05, 0.1) is 34.5 Å². The monoisotopic (exact) mass is 688 g/mol. The summed E-state index contributed by atoms with van der Waals surface area (Å²) in [5, 5.41) is 21.7. The maximum absolute atomic E-state index is 13.2. The van der Waals surface area contributed by atoms with Gasteiger partial charge >= 0.3 is 11.9 Å². The van der Waals surface area contributed by atoms with E-state index < -0.39 is 27.9 Å². The van der Waals surface area contributed by atoms with Crippen LogP contribution in [0.2, 0.25) is 0 Å². The van der Waals surface area contributed by atoms with E-state index in [1.165, 1.54) is 54.6 Å².